The first-order valence-corrected chi connectivity index (χ1v) is 7.74. The molecule has 2 aromatic carbocycles. The molecule has 0 radical (unpaired) electrons. The van der Waals surface area contributed by atoms with Crippen molar-refractivity contribution in [1.82, 2.24) is 0 Å². The van der Waals surface area contributed by atoms with Crippen LogP contribution in [-0.4, -0.2) is 24.8 Å². The number of hydrogen-bond acceptors (Lipinski definition) is 4. The smallest absolute Gasteiger partial charge is 0.309 e. The Morgan fingerprint density at radius 3 is 2.78 bits per heavy atom. The molecule has 23 heavy (non-hydrogen) atoms. The predicted molar refractivity (Wildman–Crippen MR) is 86.4 cm³/mol. The number of hydrogen-bond donors (Lipinski definition) is 1. The van der Waals surface area contributed by atoms with Crippen molar-refractivity contribution in [2.45, 2.75) is 12.8 Å². The summed E-state index contributed by atoms with van der Waals surface area (Å²) in [5, 5.41) is 9.59. The zero-order valence-corrected chi connectivity index (χ0v) is 13.1. The maximum Gasteiger partial charge on any atom is 0.309 e. The molecule has 0 spiro atoms. The van der Waals surface area contributed by atoms with Gasteiger partial charge in [-0.2, -0.15) is 0 Å². The van der Waals surface area contributed by atoms with E-state index in [1.165, 1.54) is 0 Å². The maximum atomic E-state index is 12.1. The Bertz CT molecular complexity index is 695. The van der Waals surface area contributed by atoms with Gasteiger partial charge >= 0.3 is 5.97 Å². The second-order valence-electron chi connectivity index (χ2n) is 5.89. The van der Waals surface area contributed by atoms with Crippen LogP contribution < -0.4 is 4.74 Å². The number of carbonyl (C=O) groups excluding carboxylic acids is 1. The summed E-state index contributed by atoms with van der Waals surface area (Å²) in [6.07, 6.45) is 1.31. The van der Waals surface area contributed by atoms with Crippen molar-refractivity contribution in [3.63, 3.8) is 0 Å². The number of carbonyl (C=O) groups is 1. The third kappa shape index (κ3) is 3.47. The van der Waals surface area contributed by atoms with Crippen molar-refractivity contribution >= 4 is 5.97 Å². The minimum atomic E-state index is -0.186. The highest BCUT2D eigenvalue weighted by Crippen LogP contribution is 2.32. The summed E-state index contributed by atoms with van der Waals surface area (Å²) in [7, 11) is 1.63. The molecule has 1 aliphatic heterocycles. The summed E-state index contributed by atoms with van der Waals surface area (Å²) in [4.78, 5) is 12.1. The number of ether oxygens (including phenoxy) is 2. The van der Waals surface area contributed by atoms with E-state index in [1.54, 1.807) is 19.2 Å². The number of para-hydroxylation sites is 1. The molecule has 0 aliphatic carbocycles. The standard InChI is InChI=1S/C19H20O4/c1-22-18-8-3-2-6-14(18)11-17-15(12-23-19(17)21)9-13-5-4-7-16(20)10-13/h2-8,10,15,17,20H,9,11-12H2,1H3/t15-,17+/m0/s1. The molecular weight excluding hydrogens is 292 g/mol. The van der Waals surface area contributed by atoms with E-state index in [9.17, 15) is 9.90 Å². The van der Waals surface area contributed by atoms with Crippen molar-refractivity contribution in [3.05, 3.63) is 59.7 Å². The number of benzene rings is 2. The Labute approximate surface area is 135 Å². The van der Waals surface area contributed by atoms with Gasteiger partial charge in [-0.1, -0.05) is 30.3 Å². The fraction of sp³-hybridized carbons (Fsp3) is 0.316. The van der Waals surface area contributed by atoms with Crippen LogP contribution in [0.25, 0.3) is 0 Å². The summed E-state index contributed by atoms with van der Waals surface area (Å²) in [6, 6.07) is 14.9. The molecule has 0 amide bonds. The highest BCUT2D eigenvalue weighted by Gasteiger charge is 2.37. The van der Waals surface area contributed by atoms with Crippen molar-refractivity contribution in [2.24, 2.45) is 11.8 Å². The van der Waals surface area contributed by atoms with Crippen LogP contribution in [0.4, 0.5) is 0 Å². The summed E-state index contributed by atoms with van der Waals surface area (Å²) in [5.41, 5.74) is 2.03. The Balaban J connectivity index is 1.77. The van der Waals surface area contributed by atoms with E-state index < -0.39 is 0 Å². The van der Waals surface area contributed by atoms with E-state index in [0.29, 0.717) is 19.4 Å². The number of esters is 1. The van der Waals surface area contributed by atoms with Crippen LogP contribution in [0.1, 0.15) is 11.1 Å². The fourth-order valence-corrected chi connectivity index (χ4v) is 3.15. The average molecular weight is 312 g/mol. The minimum Gasteiger partial charge on any atom is -0.508 e. The topological polar surface area (TPSA) is 55.8 Å². The quantitative estimate of drug-likeness (QED) is 0.862. The van der Waals surface area contributed by atoms with Gasteiger partial charge in [0.05, 0.1) is 19.6 Å². The van der Waals surface area contributed by atoms with Crippen LogP contribution in [-0.2, 0) is 22.4 Å². The van der Waals surface area contributed by atoms with Crippen LogP contribution in [0.3, 0.4) is 0 Å². The van der Waals surface area contributed by atoms with Gasteiger partial charge in [0, 0.05) is 5.92 Å². The number of phenolic OH excluding ortho intramolecular Hbond substituents is 1. The zero-order chi connectivity index (χ0) is 16.2. The second kappa shape index (κ2) is 6.73. The first-order chi connectivity index (χ1) is 11.2. The molecule has 1 N–H and O–H groups in total. The molecule has 120 valence electrons. The highest BCUT2D eigenvalue weighted by molar-refractivity contribution is 5.75. The molecule has 3 rings (SSSR count). The third-order valence-electron chi connectivity index (χ3n) is 4.35. The molecule has 4 heteroatoms. The van der Waals surface area contributed by atoms with Gasteiger partial charge in [0.1, 0.15) is 11.5 Å². The van der Waals surface area contributed by atoms with Gasteiger partial charge in [-0.25, -0.2) is 0 Å². The first kappa shape index (κ1) is 15.4. The van der Waals surface area contributed by atoms with Crippen LogP contribution >= 0.6 is 0 Å². The van der Waals surface area contributed by atoms with Crippen LogP contribution in [0.15, 0.2) is 48.5 Å². The normalized spacial score (nSPS) is 20.3. The predicted octanol–water partition coefficient (Wildman–Crippen LogP) is 2.98. The van der Waals surface area contributed by atoms with E-state index >= 15 is 0 Å². The van der Waals surface area contributed by atoms with Gasteiger partial charge in [0.25, 0.3) is 0 Å². The van der Waals surface area contributed by atoms with E-state index in [2.05, 4.69) is 0 Å². The average Bonchev–Trinajstić information content (AvgIpc) is 2.89. The van der Waals surface area contributed by atoms with Crippen LogP contribution in [0, 0.1) is 11.8 Å². The molecule has 1 aliphatic rings. The molecular formula is C19H20O4. The van der Waals surface area contributed by atoms with Crippen molar-refractivity contribution < 1.29 is 19.4 Å². The largest absolute Gasteiger partial charge is 0.508 e. The molecule has 1 fully saturated rings. The molecule has 2 atom stereocenters. The molecule has 0 saturated carbocycles. The van der Waals surface area contributed by atoms with Gasteiger partial charge in [0.15, 0.2) is 0 Å². The van der Waals surface area contributed by atoms with Crippen LogP contribution in [0.2, 0.25) is 0 Å². The number of cyclic esters (lactones) is 1. The molecule has 4 nitrogen and oxygen atoms in total. The van der Waals surface area contributed by atoms with Crippen LogP contribution in [0.5, 0.6) is 11.5 Å². The minimum absolute atomic E-state index is 0.106. The Morgan fingerprint density at radius 2 is 2.00 bits per heavy atom. The molecule has 0 bridgehead atoms. The lowest BCUT2D eigenvalue weighted by molar-refractivity contribution is -0.141. The van der Waals surface area contributed by atoms with Gasteiger partial charge in [0.2, 0.25) is 0 Å². The molecule has 2 aromatic rings. The number of aromatic hydroxyl groups is 1. The monoisotopic (exact) mass is 312 g/mol. The lowest BCUT2D eigenvalue weighted by Gasteiger charge is -2.17. The second-order valence-corrected chi connectivity index (χ2v) is 5.89. The highest BCUT2D eigenvalue weighted by atomic mass is 16.5. The Kier molecular flexibility index (Phi) is 4.51. The third-order valence-corrected chi connectivity index (χ3v) is 4.35. The molecule has 0 unspecified atom stereocenters. The SMILES string of the molecule is COc1ccccc1C[C@H]1C(=O)OC[C@@H]1Cc1cccc(O)c1. The van der Waals surface area contributed by atoms with E-state index in [1.807, 2.05) is 36.4 Å². The lowest BCUT2D eigenvalue weighted by atomic mass is 9.85. The molecule has 1 heterocycles. The van der Waals surface area contributed by atoms with Gasteiger partial charge in [-0.3, -0.25) is 4.79 Å². The Morgan fingerprint density at radius 1 is 1.17 bits per heavy atom. The molecule has 1 saturated heterocycles. The van der Waals surface area contributed by atoms with E-state index in [4.69, 9.17) is 9.47 Å². The van der Waals surface area contributed by atoms with Gasteiger partial charge < -0.3 is 14.6 Å². The van der Waals surface area contributed by atoms with Gasteiger partial charge in [-0.05, 0) is 42.2 Å². The van der Waals surface area contributed by atoms with E-state index in [-0.39, 0.29) is 23.6 Å². The number of rotatable bonds is 5. The van der Waals surface area contributed by atoms with Crippen molar-refractivity contribution in [3.8, 4) is 11.5 Å². The van der Waals surface area contributed by atoms with E-state index in [0.717, 1.165) is 16.9 Å². The first-order valence-electron chi connectivity index (χ1n) is 7.74. The van der Waals surface area contributed by atoms with Gasteiger partial charge in [-0.15, -0.1) is 0 Å². The lowest BCUT2D eigenvalue weighted by Crippen LogP contribution is -2.21. The van der Waals surface area contributed by atoms with Crippen molar-refractivity contribution in [2.75, 3.05) is 13.7 Å². The summed E-state index contributed by atoms with van der Waals surface area (Å²) < 4.78 is 10.7. The van der Waals surface area contributed by atoms with Crippen molar-refractivity contribution in [1.29, 1.82) is 0 Å². The summed E-state index contributed by atoms with van der Waals surface area (Å²) in [5.74, 6) is 0.807. The molecule has 0 aromatic heterocycles. The number of phenols is 1. The zero-order valence-electron chi connectivity index (χ0n) is 13.1. The number of methoxy groups -OCH3 is 1. The Hall–Kier alpha value is -2.49. The summed E-state index contributed by atoms with van der Waals surface area (Å²) in [6.45, 7) is 0.425. The fourth-order valence-electron chi connectivity index (χ4n) is 3.15. The summed E-state index contributed by atoms with van der Waals surface area (Å²) >= 11 is 0. The maximum absolute atomic E-state index is 12.1.